The third-order valence-electron chi connectivity index (χ3n) is 4.63. The molecule has 0 aromatic carbocycles. The van der Waals surface area contributed by atoms with Crippen LogP contribution in [0.2, 0.25) is 0 Å². The number of piperidine rings is 1. The minimum Gasteiger partial charge on any atom is -0.317 e. The molecule has 1 spiro atoms. The lowest BCUT2D eigenvalue weighted by Gasteiger charge is -2.33. The highest BCUT2D eigenvalue weighted by atomic mass is 32.1. The highest BCUT2D eigenvalue weighted by molar-refractivity contribution is 7.09. The summed E-state index contributed by atoms with van der Waals surface area (Å²) in [7, 11) is 0. The fourth-order valence-corrected chi connectivity index (χ4v) is 4.24. The Morgan fingerprint density at radius 3 is 2.84 bits per heavy atom. The molecule has 1 aromatic rings. The third kappa shape index (κ3) is 3.01. The number of nitrogens with one attached hydrogen (secondary N) is 1. The molecule has 1 N–H and O–H groups in total. The molecule has 3 nitrogen and oxygen atoms in total. The maximum absolute atomic E-state index is 4.77. The summed E-state index contributed by atoms with van der Waals surface area (Å²) in [4.78, 5) is 7.39. The van der Waals surface area contributed by atoms with E-state index in [1.54, 1.807) is 0 Å². The lowest BCUT2D eigenvalue weighted by atomic mass is 9.78. The summed E-state index contributed by atoms with van der Waals surface area (Å²) in [6.07, 6.45) is 4.10. The Morgan fingerprint density at radius 1 is 1.37 bits per heavy atom. The van der Waals surface area contributed by atoms with E-state index in [9.17, 15) is 0 Å². The van der Waals surface area contributed by atoms with Crippen LogP contribution in [0.4, 0.5) is 0 Å². The Kier molecular flexibility index (Phi) is 3.92. The standard InChI is InChI=1S/C15H25N3S/c1-12(2)14-17-13(10-19-14)9-18-8-5-15(11-18)3-6-16-7-4-15/h10,12,16H,3-9,11H2,1-2H3. The van der Waals surface area contributed by atoms with Crippen LogP contribution in [0.5, 0.6) is 0 Å². The minimum atomic E-state index is 0.563. The van der Waals surface area contributed by atoms with Gasteiger partial charge in [-0.1, -0.05) is 13.8 Å². The molecule has 3 heterocycles. The van der Waals surface area contributed by atoms with Gasteiger partial charge in [-0.05, 0) is 44.3 Å². The maximum atomic E-state index is 4.77. The molecular weight excluding hydrogens is 254 g/mol. The lowest BCUT2D eigenvalue weighted by Crippen LogP contribution is -2.38. The Labute approximate surface area is 120 Å². The van der Waals surface area contributed by atoms with Gasteiger partial charge in [0.1, 0.15) is 0 Å². The van der Waals surface area contributed by atoms with Gasteiger partial charge < -0.3 is 5.32 Å². The molecule has 1 aromatic heterocycles. The van der Waals surface area contributed by atoms with Gasteiger partial charge in [0.25, 0.3) is 0 Å². The molecule has 0 amide bonds. The number of rotatable bonds is 3. The number of hydrogen-bond donors (Lipinski definition) is 1. The highest BCUT2D eigenvalue weighted by Gasteiger charge is 2.38. The molecule has 0 radical (unpaired) electrons. The number of thiazole rings is 1. The van der Waals surface area contributed by atoms with Gasteiger partial charge in [0.05, 0.1) is 10.7 Å². The first-order valence-electron chi connectivity index (χ1n) is 7.54. The van der Waals surface area contributed by atoms with Gasteiger partial charge in [0.15, 0.2) is 0 Å². The molecule has 2 aliphatic rings. The van der Waals surface area contributed by atoms with Crippen molar-refractivity contribution in [2.45, 2.75) is 45.6 Å². The number of likely N-dealkylation sites (tertiary alicyclic amines) is 1. The summed E-state index contributed by atoms with van der Waals surface area (Å²) in [5.74, 6) is 0.563. The zero-order chi connectivity index (χ0) is 13.3. The SMILES string of the molecule is CC(C)c1nc(CN2CCC3(CCNCC3)C2)cs1. The van der Waals surface area contributed by atoms with E-state index in [1.165, 1.54) is 56.1 Å². The van der Waals surface area contributed by atoms with Crippen molar-refractivity contribution in [3.05, 3.63) is 16.1 Å². The monoisotopic (exact) mass is 279 g/mol. The molecule has 19 heavy (non-hydrogen) atoms. The Morgan fingerprint density at radius 2 is 2.16 bits per heavy atom. The molecule has 0 saturated carbocycles. The van der Waals surface area contributed by atoms with Gasteiger partial charge in [-0.2, -0.15) is 0 Å². The first-order valence-corrected chi connectivity index (χ1v) is 8.42. The fourth-order valence-electron chi connectivity index (χ4n) is 3.42. The van der Waals surface area contributed by atoms with E-state index in [0.717, 1.165) is 6.54 Å². The number of hydrogen-bond acceptors (Lipinski definition) is 4. The van der Waals surface area contributed by atoms with Crippen molar-refractivity contribution in [1.82, 2.24) is 15.2 Å². The molecular formula is C15H25N3S. The Balaban J connectivity index is 1.58. The third-order valence-corrected chi connectivity index (χ3v) is 5.82. The van der Waals surface area contributed by atoms with Crippen molar-refractivity contribution >= 4 is 11.3 Å². The summed E-state index contributed by atoms with van der Waals surface area (Å²) in [5, 5.41) is 7.02. The Bertz CT molecular complexity index is 421. The van der Waals surface area contributed by atoms with Gasteiger partial charge in [-0.3, -0.25) is 4.90 Å². The summed E-state index contributed by atoms with van der Waals surface area (Å²) in [6, 6.07) is 0. The second-order valence-electron chi connectivity index (χ2n) is 6.54. The summed E-state index contributed by atoms with van der Waals surface area (Å²) in [5.41, 5.74) is 1.89. The first kappa shape index (κ1) is 13.5. The van der Waals surface area contributed by atoms with Crippen LogP contribution in [0.15, 0.2) is 5.38 Å². The van der Waals surface area contributed by atoms with Gasteiger partial charge >= 0.3 is 0 Å². The molecule has 0 aliphatic carbocycles. The van der Waals surface area contributed by atoms with Crippen LogP contribution in [0, 0.1) is 5.41 Å². The van der Waals surface area contributed by atoms with Crippen LogP contribution in [-0.2, 0) is 6.54 Å². The number of aromatic nitrogens is 1. The quantitative estimate of drug-likeness (QED) is 0.922. The smallest absolute Gasteiger partial charge is 0.0954 e. The van der Waals surface area contributed by atoms with E-state index < -0.39 is 0 Å². The van der Waals surface area contributed by atoms with Gasteiger partial charge in [0, 0.05) is 24.4 Å². The van der Waals surface area contributed by atoms with E-state index in [0.29, 0.717) is 11.3 Å². The van der Waals surface area contributed by atoms with Crippen molar-refractivity contribution in [2.75, 3.05) is 26.2 Å². The molecule has 106 valence electrons. The molecule has 2 aliphatic heterocycles. The Hall–Kier alpha value is -0.450. The van der Waals surface area contributed by atoms with Crippen LogP contribution in [0.3, 0.4) is 0 Å². The molecule has 2 fully saturated rings. The largest absolute Gasteiger partial charge is 0.317 e. The summed E-state index contributed by atoms with van der Waals surface area (Å²) >= 11 is 1.82. The molecule has 4 heteroatoms. The van der Waals surface area contributed by atoms with E-state index in [2.05, 4.69) is 29.4 Å². The van der Waals surface area contributed by atoms with Crippen LogP contribution in [0.25, 0.3) is 0 Å². The maximum Gasteiger partial charge on any atom is 0.0954 e. The van der Waals surface area contributed by atoms with Crippen molar-refractivity contribution in [3.63, 3.8) is 0 Å². The summed E-state index contributed by atoms with van der Waals surface area (Å²) < 4.78 is 0. The second-order valence-corrected chi connectivity index (χ2v) is 7.43. The number of nitrogens with zero attached hydrogens (tertiary/aromatic N) is 2. The normalized spacial score (nSPS) is 23.5. The molecule has 3 rings (SSSR count). The first-order chi connectivity index (χ1) is 9.17. The average Bonchev–Trinajstić information content (AvgIpc) is 2.99. The van der Waals surface area contributed by atoms with Gasteiger partial charge in [0.2, 0.25) is 0 Å². The van der Waals surface area contributed by atoms with Gasteiger partial charge in [-0.25, -0.2) is 4.98 Å². The van der Waals surface area contributed by atoms with Crippen molar-refractivity contribution in [2.24, 2.45) is 5.41 Å². The van der Waals surface area contributed by atoms with Crippen molar-refractivity contribution in [1.29, 1.82) is 0 Å². The topological polar surface area (TPSA) is 28.2 Å². The predicted molar refractivity (Wildman–Crippen MR) is 80.6 cm³/mol. The second kappa shape index (κ2) is 5.51. The molecule has 0 bridgehead atoms. The molecule has 0 unspecified atom stereocenters. The zero-order valence-electron chi connectivity index (χ0n) is 12.1. The minimum absolute atomic E-state index is 0.563. The fraction of sp³-hybridized carbons (Fsp3) is 0.800. The van der Waals surface area contributed by atoms with E-state index in [1.807, 2.05) is 11.3 Å². The average molecular weight is 279 g/mol. The van der Waals surface area contributed by atoms with Crippen LogP contribution < -0.4 is 5.32 Å². The van der Waals surface area contributed by atoms with E-state index in [-0.39, 0.29) is 0 Å². The molecule has 0 atom stereocenters. The van der Waals surface area contributed by atoms with Gasteiger partial charge in [-0.15, -0.1) is 11.3 Å². The zero-order valence-corrected chi connectivity index (χ0v) is 12.9. The predicted octanol–water partition coefficient (Wildman–Crippen LogP) is 2.84. The van der Waals surface area contributed by atoms with Crippen LogP contribution in [0.1, 0.15) is 49.7 Å². The van der Waals surface area contributed by atoms with Crippen molar-refractivity contribution < 1.29 is 0 Å². The van der Waals surface area contributed by atoms with Crippen LogP contribution in [-0.4, -0.2) is 36.1 Å². The lowest BCUT2D eigenvalue weighted by molar-refractivity contribution is 0.193. The van der Waals surface area contributed by atoms with E-state index in [4.69, 9.17) is 4.98 Å². The van der Waals surface area contributed by atoms with Crippen molar-refractivity contribution in [3.8, 4) is 0 Å². The molecule has 2 saturated heterocycles. The highest BCUT2D eigenvalue weighted by Crippen LogP contribution is 2.39. The van der Waals surface area contributed by atoms with E-state index >= 15 is 0 Å². The summed E-state index contributed by atoms with van der Waals surface area (Å²) in [6.45, 7) is 10.5. The van der Waals surface area contributed by atoms with Crippen LogP contribution >= 0.6 is 11.3 Å².